The van der Waals surface area contributed by atoms with Crippen molar-refractivity contribution in [3.63, 3.8) is 0 Å². The second kappa shape index (κ2) is 17.0. The summed E-state index contributed by atoms with van der Waals surface area (Å²) in [5.41, 5.74) is 1.17. The quantitative estimate of drug-likeness (QED) is 0.152. The Kier molecular flexibility index (Phi) is 14.1. The van der Waals surface area contributed by atoms with E-state index in [0.717, 1.165) is 83.8 Å². The first-order valence-electron chi connectivity index (χ1n) is 15.9. The van der Waals surface area contributed by atoms with Gasteiger partial charge in [-0.05, 0) is 83.0 Å². The van der Waals surface area contributed by atoms with E-state index in [1.807, 2.05) is 0 Å². The van der Waals surface area contributed by atoms with Crippen LogP contribution in [-0.2, 0) is 23.7 Å². The summed E-state index contributed by atoms with van der Waals surface area (Å²) >= 11 is 0. The molecule has 7 nitrogen and oxygen atoms in total. The zero-order chi connectivity index (χ0) is 29.0. The van der Waals surface area contributed by atoms with Gasteiger partial charge in [0.15, 0.2) is 12.6 Å². The van der Waals surface area contributed by atoms with Gasteiger partial charge in [-0.15, -0.1) is 0 Å². The van der Waals surface area contributed by atoms with Crippen molar-refractivity contribution in [1.29, 1.82) is 0 Å². The number of carboxylic acids is 1. The second-order valence-electron chi connectivity index (χ2n) is 13.1. The maximum Gasteiger partial charge on any atom is 0.303 e. The number of ether oxygens (including phenoxy) is 4. The molecular formula is C33H56O7. The third-order valence-electron chi connectivity index (χ3n) is 8.79. The predicted molar refractivity (Wildman–Crippen MR) is 157 cm³/mol. The maximum atomic E-state index is 11.2. The molecule has 2 saturated heterocycles. The molecule has 2 aliphatic heterocycles. The van der Waals surface area contributed by atoms with E-state index in [4.69, 9.17) is 24.1 Å². The minimum Gasteiger partial charge on any atom is -0.481 e. The average Bonchev–Trinajstić information content (AvgIpc) is 3.21. The molecule has 0 aromatic rings. The number of aliphatic carboxylic acids is 1. The van der Waals surface area contributed by atoms with Crippen LogP contribution >= 0.6 is 0 Å². The van der Waals surface area contributed by atoms with Crippen LogP contribution in [0.3, 0.4) is 0 Å². The highest BCUT2D eigenvalue weighted by molar-refractivity contribution is 5.66. The van der Waals surface area contributed by atoms with Crippen molar-refractivity contribution in [2.45, 2.75) is 148 Å². The molecule has 0 spiro atoms. The number of unbranched alkanes of at least 4 members (excludes halogenated alkanes) is 3. The SMILES string of the molecule is CC(C)=CCC(C)(C)[C@H](/C=C/[C@H]1C(OC2CCCCO2)CC(O)[C@@H]1CCCCCCC(=O)O)OC1CCCCO1. The molecule has 1 aliphatic carbocycles. The van der Waals surface area contributed by atoms with Crippen molar-refractivity contribution < 1.29 is 34.0 Å². The first-order chi connectivity index (χ1) is 19.2. The fourth-order valence-corrected chi connectivity index (χ4v) is 6.21. The summed E-state index contributed by atoms with van der Waals surface area (Å²) in [4.78, 5) is 10.8. The van der Waals surface area contributed by atoms with E-state index in [9.17, 15) is 9.90 Å². The Morgan fingerprint density at radius 3 is 2.30 bits per heavy atom. The number of hydrogen-bond acceptors (Lipinski definition) is 6. The molecule has 0 aromatic heterocycles. The van der Waals surface area contributed by atoms with Crippen molar-refractivity contribution in [2.75, 3.05) is 13.2 Å². The number of rotatable bonds is 16. The third-order valence-corrected chi connectivity index (χ3v) is 8.79. The highest BCUT2D eigenvalue weighted by Gasteiger charge is 2.43. The van der Waals surface area contributed by atoms with Gasteiger partial charge in [0, 0.05) is 32.0 Å². The van der Waals surface area contributed by atoms with Gasteiger partial charge in [-0.2, -0.15) is 0 Å². The molecule has 0 aromatic carbocycles. The fraction of sp³-hybridized carbons (Fsp3) is 0.848. The van der Waals surface area contributed by atoms with Gasteiger partial charge in [-0.1, -0.05) is 56.9 Å². The lowest BCUT2D eigenvalue weighted by molar-refractivity contribution is -0.197. The van der Waals surface area contributed by atoms with Crippen molar-refractivity contribution in [1.82, 2.24) is 0 Å². The van der Waals surface area contributed by atoms with Crippen molar-refractivity contribution in [2.24, 2.45) is 17.3 Å². The minimum absolute atomic E-state index is 0.0668. The highest BCUT2D eigenvalue weighted by Crippen LogP contribution is 2.41. The molecule has 3 rings (SSSR count). The summed E-state index contributed by atoms with van der Waals surface area (Å²) < 4.78 is 25.0. The largest absolute Gasteiger partial charge is 0.481 e. The first-order valence-corrected chi connectivity index (χ1v) is 15.9. The monoisotopic (exact) mass is 564 g/mol. The van der Waals surface area contributed by atoms with E-state index in [0.29, 0.717) is 12.8 Å². The van der Waals surface area contributed by atoms with Crippen LogP contribution in [0.2, 0.25) is 0 Å². The number of carbonyl (C=O) groups is 1. The van der Waals surface area contributed by atoms with Gasteiger partial charge >= 0.3 is 5.97 Å². The summed E-state index contributed by atoms with van der Waals surface area (Å²) in [6.45, 7) is 10.3. The molecule has 3 fully saturated rings. The standard InChI is InChI=1S/C33H56O7/c1-24(2)19-20-33(3,4)29(40-32-16-10-12-22-38-32)18-17-26-25(13-7-5-6-8-14-30(35)36)27(34)23-28(26)39-31-15-9-11-21-37-31/h17-19,25-29,31-32,34H,5-16,20-23H2,1-4H3,(H,35,36)/b18-17+/t25-,26-,27?,28?,29+,31?,32?/m1/s1. The molecule has 7 heteroatoms. The molecule has 0 radical (unpaired) electrons. The molecule has 40 heavy (non-hydrogen) atoms. The minimum atomic E-state index is -0.732. The predicted octanol–water partition coefficient (Wildman–Crippen LogP) is 7.17. The summed E-state index contributed by atoms with van der Waals surface area (Å²) in [6.07, 6.45) is 18.1. The fourth-order valence-electron chi connectivity index (χ4n) is 6.21. The summed E-state index contributed by atoms with van der Waals surface area (Å²) in [6, 6.07) is 0. The number of carboxylic acid groups (broad SMARTS) is 1. The van der Waals surface area contributed by atoms with Crippen molar-refractivity contribution in [3.8, 4) is 0 Å². The Balaban J connectivity index is 1.75. The van der Waals surface area contributed by atoms with Gasteiger partial charge in [0.25, 0.3) is 0 Å². The Morgan fingerprint density at radius 2 is 1.68 bits per heavy atom. The molecule has 3 aliphatic rings. The molecule has 7 atom stereocenters. The molecular weight excluding hydrogens is 508 g/mol. The van der Waals surface area contributed by atoms with E-state index in [1.165, 1.54) is 5.57 Å². The van der Waals surface area contributed by atoms with Gasteiger partial charge in [0.2, 0.25) is 0 Å². The topological polar surface area (TPSA) is 94.5 Å². The zero-order valence-corrected chi connectivity index (χ0v) is 25.5. The van der Waals surface area contributed by atoms with Crippen LogP contribution in [-0.4, -0.2) is 60.3 Å². The van der Waals surface area contributed by atoms with E-state index in [-0.39, 0.29) is 48.5 Å². The lowest BCUT2D eigenvalue weighted by Gasteiger charge is -2.36. The van der Waals surface area contributed by atoms with Crippen molar-refractivity contribution >= 4 is 5.97 Å². The highest BCUT2D eigenvalue weighted by atomic mass is 16.7. The maximum absolute atomic E-state index is 11.2. The van der Waals surface area contributed by atoms with Crippen LogP contribution in [0.4, 0.5) is 0 Å². The average molecular weight is 565 g/mol. The number of aliphatic hydroxyl groups excluding tert-OH is 1. The molecule has 1 saturated carbocycles. The lowest BCUT2D eigenvalue weighted by Crippen LogP contribution is -2.36. The molecule has 4 unspecified atom stereocenters. The summed E-state index contributed by atoms with van der Waals surface area (Å²) in [7, 11) is 0. The third kappa shape index (κ3) is 11.2. The molecule has 0 amide bonds. The summed E-state index contributed by atoms with van der Waals surface area (Å²) in [5.74, 6) is -0.571. The van der Waals surface area contributed by atoms with E-state index in [1.54, 1.807) is 0 Å². The summed E-state index contributed by atoms with van der Waals surface area (Å²) in [5, 5.41) is 20.1. The van der Waals surface area contributed by atoms with Gasteiger partial charge in [0.05, 0.1) is 18.3 Å². The second-order valence-corrected chi connectivity index (χ2v) is 13.1. The van der Waals surface area contributed by atoms with Crippen LogP contribution in [0.1, 0.15) is 118 Å². The van der Waals surface area contributed by atoms with Crippen molar-refractivity contribution in [3.05, 3.63) is 23.8 Å². The number of hydrogen-bond donors (Lipinski definition) is 2. The Morgan fingerprint density at radius 1 is 1.00 bits per heavy atom. The Labute approximate surface area is 242 Å². The first kappa shape index (κ1) is 33.3. The van der Waals surface area contributed by atoms with E-state index < -0.39 is 12.1 Å². The van der Waals surface area contributed by atoms with Crippen LogP contribution in [0.15, 0.2) is 23.8 Å². The van der Waals surface area contributed by atoms with Gasteiger partial charge < -0.3 is 29.2 Å². The molecule has 2 N–H and O–H groups in total. The number of allylic oxidation sites excluding steroid dienone is 2. The van der Waals surface area contributed by atoms with E-state index in [2.05, 4.69) is 45.9 Å². The normalized spacial score (nSPS) is 30.4. The van der Waals surface area contributed by atoms with Gasteiger partial charge in [0.1, 0.15) is 0 Å². The zero-order valence-electron chi connectivity index (χ0n) is 25.5. The van der Waals surface area contributed by atoms with Crippen LogP contribution in [0.25, 0.3) is 0 Å². The van der Waals surface area contributed by atoms with Gasteiger partial charge in [-0.3, -0.25) is 4.79 Å². The smallest absolute Gasteiger partial charge is 0.303 e. The molecule has 2 heterocycles. The Hall–Kier alpha value is -1.25. The number of aliphatic hydroxyl groups is 1. The van der Waals surface area contributed by atoms with Crippen LogP contribution in [0, 0.1) is 17.3 Å². The molecule has 230 valence electrons. The van der Waals surface area contributed by atoms with Crippen LogP contribution in [0.5, 0.6) is 0 Å². The lowest BCUT2D eigenvalue weighted by atomic mass is 9.80. The molecule has 0 bridgehead atoms. The Bertz CT molecular complexity index is 791. The van der Waals surface area contributed by atoms with Crippen LogP contribution < -0.4 is 0 Å². The van der Waals surface area contributed by atoms with E-state index >= 15 is 0 Å². The van der Waals surface area contributed by atoms with Gasteiger partial charge in [-0.25, -0.2) is 0 Å².